The van der Waals surface area contributed by atoms with Crippen LogP contribution in [0.1, 0.15) is 0 Å². The zero-order valence-electron chi connectivity index (χ0n) is 7.49. The molecular formula is C4H9F3O3S4. The van der Waals surface area contributed by atoms with Gasteiger partial charge in [-0.05, 0) is 0 Å². The number of rotatable bonds is 2. The number of hydrogen-bond acceptors (Lipinski definition) is 5. The minimum atomic E-state index is -6.09. The van der Waals surface area contributed by atoms with E-state index in [0.29, 0.717) is 8.96 Å². The van der Waals surface area contributed by atoms with Gasteiger partial charge in [-0.3, -0.25) is 0 Å². The van der Waals surface area contributed by atoms with Crippen molar-refractivity contribution < 1.29 is 26.1 Å². The SMILES string of the molecule is CS[S+](C)SC.O=S(=O)([O-])C(F)(F)F. The average Bonchev–Trinajstić information content (AvgIpc) is 2.00. The van der Waals surface area contributed by atoms with Crippen LogP contribution in [0.25, 0.3) is 0 Å². The lowest BCUT2D eigenvalue weighted by Gasteiger charge is -2.08. The van der Waals surface area contributed by atoms with Gasteiger partial charge in [-0.2, -0.15) is 13.2 Å². The predicted molar refractivity (Wildman–Crippen MR) is 56.1 cm³/mol. The second kappa shape index (κ2) is 7.09. The van der Waals surface area contributed by atoms with E-state index in [1.54, 1.807) is 0 Å². The van der Waals surface area contributed by atoms with Crippen LogP contribution in [0, 0.1) is 0 Å². The Labute approximate surface area is 91.1 Å². The Morgan fingerprint density at radius 3 is 1.43 bits per heavy atom. The van der Waals surface area contributed by atoms with Crippen LogP contribution in [-0.4, -0.2) is 37.2 Å². The Kier molecular flexibility index (Phi) is 8.69. The Morgan fingerprint density at radius 1 is 1.21 bits per heavy atom. The fourth-order valence-electron chi connectivity index (χ4n) is 0.0680. The van der Waals surface area contributed by atoms with Crippen molar-refractivity contribution in [3.63, 3.8) is 0 Å². The van der Waals surface area contributed by atoms with Gasteiger partial charge in [0.1, 0.15) is 36.8 Å². The first kappa shape index (κ1) is 17.2. The first-order valence-corrected chi connectivity index (χ1v) is 9.35. The monoisotopic (exact) mass is 290 g/mol. The summed E-state index contributed by atoms with van der Waals surface area (Å²) in [4.78, 5) is 0. The van der Waals surface area contributed by atoms with Crippen molar-refractivity contribution >= 4 is 40.7 Å². The molecule has 0 bridgehead atoms. The molecule has 0 fully saturated rings. The molecule has 0 aliphatic carbocycles. The molecule has 0 aliphatic rings. The maximum atomic E-state index is 10.7. The second-order valence-corrected chi connectivity index (χ2v) is 10.1. The molecule has 0 aromatic heterocycles. The van der Waals surface area contributed by atoms with Crippen molar-refractivity contribution in [3.8, 4) is 0 Å². The topological polar surface area (TPSA) is 57.2 Å². The molecule has 0 rings (SSSR count). The van der Waals surface area contributed by atoms with Crippen LogP contribution in [0.3, 0.4) is 0 Å². The van der Waals surface area contributed by atoms with E-state index in [0.717, 1.165) is 0 Å². The molecule has 14 heavy (non-hydrogen) atoms. The van der Waals surface area contributed by atoms with Gasteiger partial charge in [-0.25, -0.2) is 8.42 Å². The summed E-state index contributed by atoms with van der Waals surface area (Å²) in [7, 11) is -1.71. The summed E-state index contributed by atoms with van der Waals surface area (Å²) in [5.41, 5.74) is -5.65. The molecule has 88 valence electrons. The molecule has 3 nitrogen and oxygen atoms in total. The molecule has 0 saturated heterocycles. The summed E-state index contributed by atoms with van der Waals surface area (Å²) in [6.45, 7) is 0. The first-order valence-electron chi connectivity index (χ1n) is 2.83. The third-order valence-electron chi connectivity index (χ3n) is 0.753. The lowest BCUT2D eigenvalue weighted by Crippen LogP contribution is -2.21. The van der Waals surface area contributed by atoms with Gasteiger partial charge in [0.25, 0.3) is 0 Å². The van der Waals surface area contributed by atoms with E-state index in [1.807, 2.05) is 21.6 Å². The summed E-state index contributed by atoms with van der Waals surface area (Å²) in [6.07, 6.45) is 6.51. The summed E-state index contributed by atoms with van der Waals surface area (Å²) in [5.74, 6) is 0. The van der Waals surface area contributed by atoms with Crippen molar-refractivity contribution in [3.05, 3.63) is 0 Å². The van der Waals surface area contributed by atoms with Crippen molar-refractivity contribution in [1.29, 1.82) is 0 Å². The Bertz CT molecular complexity index is 233. The summed E-state index contributed by atoms with van der Waals surface area (Å²) >= 11 is 0. The van der Waals surface area contributed by atoms with Crippen LogP contribution in [0.5, 0.6) is 0 Å². The third-order valence-corrected chi connectivity index (χ3v) is 7.52. The van der Waals surface area contributed by atoms with Crippen LogP contribution in [0.4, 0.5) is 13.2 Å². The summed E-state index contributed by atoms with van der Waals surface area (Å²) < 4.78 is 58.9. The van der Waals surface area contributed by atoms with Crippen molar-refractivity contribution in [2.45, 2.75) is 5.51 Å². The van der Waals surface area contributed by atoms with E-state index in [-0.39, 0.29) is 0 Å². The standard InChI is InChI=1S/C3H9S3.CHF3O3S/c1-4-6(3)5-2;2-1(3,4)8(5,6)7/h1-3H3;(H,5,6,7)/q+1;/p-1. The summed E-state index contributed by atoms with van der Waals surface area (Å²) in [5, 5.41) is 0. The molecule has 0 amide bonds. The van der Waals surface area contributed by atoms with Crippen molar-refractivity contribution in [1.82, 2.24) is 0 Å². The highest BCUT2D eigenvalue weighted by atomic mass is 33.5. The Hall–Kier alpha value is 0.750. The number of alkyl halides is 3. The average molecular weight is 290 g/mol. The first-order chi connectivity index (χ1) is 6.06. The highest BCUT2D eigenvalue weighted by Gasteiger charge is 2.36. The quantitative estimate of drug-likeness (QED) is 0.336. The molecule has 0 N–H and O–H groups in total. The number of halogens is 3. The van der Waals surface area contributed by atoms with Crippen molar-refractivity contribution in [2.24, 2.45) is 0 Å². The molecule has 0 aromatic rings. The van der Waals surface area contributed by atoms with Crippen LogP contribution in [0.2, 0.25) is 0 Å². The van der Waals surface area contributed by atoms with Gasteiger partial charge in [0.2, 0.25) is 0 Å². The van der Waals surface area contributed by atoms with E-state index >= 15 is 0 Å². The van der Waals surface area contributed by atoms with E-state index in [4.69, 9.17) is 13.0 Å². The molecule has 0 heterocycles. The molecule has 0 atom stereocenters. The van der Waals surface area contributed by atoms with Gasteiger partial charge in [-0.1, -0.05) is 0 Å². The van der Waals surface area contributed by atoms with E-state index < -0.39 is 15.6 Å². The van der Waals surface area contributed by atoms with Crippen LogP contribution in [-0.2, 0) is 19.1 Å². The molecule has 0 unspecified atom stereocenters. The minimum Gasteiger partial charge on any atom is -0.741 e. The normalized spacial score (nSPS) is 12.3. The van der Waals surface area contributed by atoms with Gasteiger partial charge < -0.3 is 4.55 Å². The summed E-state index contributed by atoms with van der Waals surface area (Å²) in [6, 6.07) is 0. The highest BCUT2D eigenvalue weighted by Crippen LogP contribution is 2.20. The zero-order valence-corrected chi connectivity index (χ0v) is 10.8. The Balaban J connectivity index is 0. The van der Waals surface area contributed by atoms with Crippen molar-refractivity contribution in [2.75, 3.05) is 18.8 Å². The minimum absolute atomic E-state index is 0.549. The van der Waals surface area contributed by atoms with Gasteiger partial charge in [0, 0.05) is 12.5 Å². The lowest BCUT2D eigenvalue weighted by molar-refractivity contribution is -0.0517. The molecule has 0 saturated carbocycles. The predicted octanol–water partition coefficient (Wildman–Crippen LogP) is 1.84. The molecule has 0 spiro atoms. The Morgan fingerprint density at radius 2 is 1.43 bits per heavy atom. The third kappa shape index (κ3) is 9.31. The molecule has 0 aromatic carbocycles. The number of hydrogen-bond donors (Lipinski definition) is 0. The van der Waals surface area contributed by atoms with Crippen LogP contribution in [0.15, 0.2) is 0 Å². The highest BCUT2D eigenvalue weighted by molar-refractivity contribution is 9.06. The van der Waals surface area contributed by atoms with E-state index in [1.165, 1.54) is 0 Å². The zero-order chi connectivity index (χ0) is 12.0. The van der Waals surface area contributed by atoms with Crippen LogP contribution >= 0.6 is 21.6 Å². The lowest BCUT2D eigenvalue weighted by atomic mass is 11.6. The van der Waals surface area contributed by atoms with E-state index in [9.17, 15) is 13.2 Å². The smallest absolute Gasteiger partial charge is 0.485 e. The molecule has 0 radical (unpaired) electrons. The van der Waals surface area contributed by atoms with Crippen LogP contribution < -0.4 is 0 Å². The van der Waals surface area contributed by atoms with Gasteiger partial charge in [0.15, 0.2) is 10.1 Å². The molecule has 10 heteroatoms. The second-order valence-electron chi connectivity index (χ2n) is 1.63. The van der Waals surface area contributed by atoms with Gasteiger partial charge >= 0.3 is 5.51 Å². The fraction of sp³-hybridized carbons (Fsp3) is 1.00. The molecule has 0 aliphatic heterocycles. The fourth-order valence-corrected chi connectivity index (χ4v) is 1.84. The largest absolute Gasteiger partial charge is 0.741 e. The molecular weight excluding hydrogens is 281 g/mol. The van der Waals surface area contributed by atoms with Gasteiger partial charge in [0.05, 0.1) is 0 Å². The van der Waals surface area contributed by atoms with E-state index in [2.05, 4.69) is 18.8 Å². The van der Waals surface area contributed by atoms with Gasteiger partial charge in [-0.15, -0.1) is 0 Å². The maximum absolute atomic E-state index is 10.7. The maximum Gasteiger partial charge on any atom is 0.485 e.